The van der Waals surface area contributed by atoms with Gasteiger partial charge in [0.15, 0.2) is 5.79 Å². The summed E-state index contributed by atoms with van der Waals surface area (Å²) in [5, 5.41) is 9.87. The lowest BCUT2D eigenvalue weighted by atomic mass is 9.92. The second kappa shape index (κ2) is 3.84. The molecular weight excluding hydrogens is 212 g/mol. The van der Waals surface area contributed by atoms with Crippen molar-refractivity contribution in [1.82, 2.24) is 0 Å². The highest BCUT2D eigenvalue weighted by Crippen LogP contribution is 2.36. The van der Waals surface area contributed by atoms with Crippen molar-refractivity contribution in [3.05, 3.63) is 11.6 Å². The molecule has 0 saturated carbocycles. The first kappa shape index (κ1) is 11.6. The minimum Gasteiger partial charge on any atom is -0.466 e. The van der Waals surface area contributed by atoms with E-state index in [1.807, 2.05) is 0 Å². The van der Waals surface area contributed by atoms with Crippen LogP contribution in [0.15, 0.2) is 11.6 Å². The van der Waals surface area contributed by atoms with E-state index in [1.54, 1.807) is 19.9 Å². The van der Waals surface area contributed by atoms with Crippen molar-refractivity contribution in [3.63, 3.8) is 0 Å². The molecule has 0 aromatic carbocycles. The van der Waals surface area contributed by atoms with Crippen LogP contribution in [-0.4, -0.2) is 42.3 Å². The standard InChI is InChI=1S/C11H16O5/c1-11(2)15-8-5-6(10(13)14-3)4-7(12)9(8)16-11/h5,7-9,12H,4H2,1-3H3/t7?,8-,9+/m1/s1. The predicted octanol–water partition coefficient (Wildman–Crippen LogP) is 0.370. The van der Waals surface area contributed by atoms with Crippen LogP contribution in [0.1, 0.15) is 20.3 Å². The highest BCUT2D eigenvalue weighted by molar-refractivity contribution is 5.88. The van der Waals surface area contributed by atoms with Gasteiger partial charge in [-0.05, 0) is 19.9 Å². The molecule has 0 spiro atoms. The number of aliphatic hydroxyl groups is 1. The second-order valence-electron chi connectivity index (χ2n) is 4.52. The maximum atomic E-state index is 11.4. The van der Waals surface area contributed by atoms with Gasteiger partial charge in [-0.15, -0.1) is 0 Å². The molecule has 1 fully saturated rings. The molecule has 1 N–H and O–H groups in total. The normalized spacial score (nSPS) is 36.5. The van der Waals surface area contributed by atoms with Gasteiger partial charge in [-0.1, -0.05) is 0 Å². The molecule has 3 atom stereocenters. The Morgan fingerprint density at radius 2 is 2.25 bits per heavy atom. The summed E-state index contributed by atoms with van der Waals surface area (Å²) in [6.45, 7) is 3.56. The SMILES string of the molecule is COC(=O)C1=C[C@H]2OC(C)(C)O[C@H]2C(O)C1. The lowest BCUT2D eigenvalue weighted by Crippen LogP contribution is -2.39. The van der Waals surface area contributed by atoms with E-state index in [4.69, 9.17) is 9.47 Å². The summed E-state index contributed by atoms with van der Waals surface area (Å²) in [5.74, 6) is -1.15. The average Bonchev–Trinajstić information content (AvgIpc) is 2.52. The van der Waals surface area contributed by atoms with Crippen LogP contribution in [0.25, 0.3) is 0 Å². The third-order valence-corrected chi connectivity index (χ3v) is 2.78. The zero-order chi connectivity index (χ0) is 11.9. The fourth-order valence-electron chi connectivity index (χ4n) is 2.13. The molecule has 0 aromatic heterocycles. The summed E-state index contributed by atoms with van der Waals surface area (Å²) in [4.78, 5) is 11.4. The van der Waals surface area contributed by atoms with Crippen molar-refractivity contribution in [3.8, 4) is 0 Å². The Bertz CT molecular complexity index is 333. The van der Waals surface area contributed by atoms with E-state index in [0.29, 0.717) is 5.57 Å². The van der Waals surface area contributed by atoms with Gasteiger partial charge in [0.1, 0.15) is 12.2 Å². The molecule has 5 heteroatoms. The molecule has 1 aliphatic carbocycles. The Hall–Kier alpha value is -0.910. The number of fused-ring (bicyclic) bond motifs is 1. The van der Waals surface area contributed by atoms with Crippen LogP contribution in [0, 0.1) is 0 Å². The van der Waals surface area contributed by atoms with Crippen LogP contribution < -0.4 is 0 Å². The maximum Gasteiger partial charge on any atom is 0.333 e. The lowest BCUT2D eigenvalue weighted by molar-refractivity contribution is -0.152. The molecule has 16 heavy (non-hydrogen) atoms. The van der Waals surface area contributed by atoms with Crippen molar-refractivity contribution in [1.29, 1.82) is 0 Å². The van der Waals surface area contributed by atoms with Gasteiger partial charge in [-0.3, -0.25) is 0 Å². The molecular formula is C11H16O5. The molecule has 2 aliphatic rings. The lowest BCUT2D eigenvalue weighted by Gasteiger charge is -2.26. The van der Waals surface area contributed by atoms with Crippen LogP contribution in [0.3, 0.4) is 0 Å². The van der Waals surface area contributed by atoms with Gasteiger partial charge >= 0.3 is 5.97 Å². The number of hydrogen-bond acceptors (Lipinski definition) is 5. The molecule has 1 saturated heterocycles. The van der Waals surface area contributed by atoms with Gasteiger partial charge in [0.25, 0.3) is 0 Å². The van der Waals surface area contributed by atoms with E-state index in [-0.39, 0.29) is 12.5 Å². The van der Waals surface area contributed by atoms with Crippen LogP contribution in [0.5, 0.6) is 0 Å². The fraction of sp³-hybridized carbons (Fsp3) is 0.727. The molecule has 90 valence electrons. The summed E-state index contributed by atoms with van der Waals surface area (Å²) in [7, 11) is 1.32. The van der Waals surface area contributed by atoms with Crippen LogP contribution >= 0.6 is 0 Å². The summed E-state index contributed by atoms with van der Waals surface area (Å²) in [6.07, 6.45) is 0.410. The number of carbonyl (C=O) groups excluding carboxylic acids is 1. The van der Waals surface area contributed by atoms with E-state index in [9.17, 15) is 9.90 Å². The molecule has 0 bridgehead atoms. The quantitative estimate of drug-likeness (QED) is 0.657. The average molecular weight is 228 g/mol. The zero-order valence-corrected chi connectivity index (χ0v) is 9.60. The van der Waals surface area contributed by atoms with Crippen molar-refractivity contribution in [2.45, 2.75) is 44.4 Å². The van der Waals surface area contributed by atoms with Crippen molar-refractivity contribution in [2.24, 2.45) is 0 Å². The Labute approximate surface area is 94.0 Å². The second-order valence-corrected chi connectivity index (χ2v) is 4.52. The Morgan fingerprint density at radius 3 is 2.88 bits per heavy atom. The van der Waals surface area contributed by atoms with Crippen molar-refractivity contribution in [2.75, 3.05) is 7.11 Å². The van der Waals surface area contributed by atoms with Crippen LogP contribution in [-0.2, 0) is 19.0 Å². The summed E-state index contributed by atoms with van der Waals surface area (Å²) in [6, 6.07) is 0. The molecule has 5 nitrogen and oxygen atoms in total. The largest absolute Gasteiger partial charge is 0.466 e. The number of carbonyl (C=O) groups is 1. The number of esters is 1. The van der Waals surface area contributed by atoms with E-state index < -0.39 is 24.0 Å². The first-order valence-corrected chi connectivity index (χ1v) is 5.25. The fourth-order valence-corrected chi connectivity index (χ4v) is 2.13. The highest BCUT2D eigenvalue weighted by atomic mass is 16.8. The molecule has 0 amide bonds. The smallest absolute Gasteiger partial charge is 0.333 e. The van der Waals surface area contributed by atoms with Gasteiger partial charge in [-0.25, -0.2) is 4.79 Å². The first-order chi connectivity index (χ1) is 7.43. The highest BCUT2D eigenvalue weighted by Gasteiger charge is 2.46. The number of ether oxygens (including phenoxy) is 3. The van der Waals surface area contributed by atoms with Crippen LogP contribution in [0.2, 0.25) is 0 Å². The Balaban J connectivity index is 2.21. The number of methoxy groups -OCH3 is 1. The van der Waals surface area contributed by atoms with Gasteiger partial charge in [0.2, 0.25) is 0 Å². The maximum absolute atomic E-state index is 11.4. The van der Waals surface area contributed by atoms with Crippen molar-refractivity contribution < 1.29 is 24.1 Å². The van der Waals surface area contributed by atoms with Gasteiger partial charge < -0.3 is 19.3 Å². The van der Waals surface area contributed by atoms with Crippen LogP contribution in [0.4, 0.5) is 0 Å². The molecule has 2 rings (SSSR count). The Kier molecular flexibility index (Phi) is 2.77. The third kappa shape index (κ3) is 1.98. The summed E-state index contributed by atoms with van der Waals surface area (Å²) in [5.41, 5.74) is 0.442. The molecule has 0 radical (unpaired) electrons. The number of hydrogen-bond donors (Lipinski definition) is 1. The minimum absolute atomic E-state index is 0.243. The molecule has 0 aromatic rings. The monoisotopic (exact) mass is 228 g/mol. The van der Waals surface area contributed by atoms with E-state index in [1.165, 1.54) is 7.11 Å². The topological polar surface area (TPSA) is 65.0 Å². The Morgan fingerprint density at radius 1 is 1.56 bits per heavy atom. The number of rotatable bonds is 1. The van der Waals surface area contributed by atoms with Gasteiger partial charge in [-0.2, -0.15) is 0 Å². The van der Waals surface area contributed by atoms with E-state index in [0.717, 1.165) is 0 Å². The number of aliphatic hydroxyl groups excluding tert-OH is 1. The summed E-state index contributed by atoms with van der Waals surface area (Å²) < 4.78 is 15.8. The first-order valence-electron chi connectivity index (χ1n) is 5.25. The molecule has 1 heterocycles. The predicted molar refractivity (Wildman–Crippen MR) is 54.5 cm³/mol. The van der Waals surface area contributed by atoms with Gasteiger partial charge in [0, 0.05) is 12.0 Å². The zero-order valence-electron chi connectivity index (χ0n) is 9.60. The van der Waals surface area contributed by atoms with Gasteiger partial charge in [0.05, 0.1) is 13.2 Å². The third-order valence-electron chi connectivity index (χ3n) is 2.78. The van der Waals surface area contributed by atoms with Crippen molar-refractivity contribution >= 4 is 5.97 Å². The molecule has 1 unspecified atom stereocenters. The van der Waals surface area contributed by atoms with E-state index in [2.05, 4.69) is 4.74 Å². The minimum atomic E-state index is -0.731. The molecule has 1 aliphatic heterocycles. The summed E-state index contributed by atoms with van der Waals surface area (Å²) >= 11 is 0. The van der Waals surface area contributed by atoms with E-state index >= 15 is 0 Å².